The van der Waals surface area contributed by atoms with Crippen molar-refractivity contribution in [2.75, 3.05) is 11.6 Å². The molecule has 156 valence electrons. The summed E-state index contributed by atoms with van der Waals surface area (Å²) in [6, 6.07) is 14.8. The number of nitrogens with zero attached hydrogens (tertiary/aromatic N) is 2. The van der Waals surface area contributed by atoms with Gasteiger partial charge in [-0.3, -0.25) is 19.5 Å². The summed E-state index contributed by atoms with van der Waals surface area (Å²) < 4.78 is 25.6. The van der Waals surface area contributed by atoms with Crippen molar-refractivity contribution < 1.29 is 23.1 Å². The van der Waals surface area contributed by atoms with E-state index in [1.165, 1.54) is 4.68 Å². The molecule has 2 amide bonds. The number of nitrogens with one attached hydrogen (secondary N) is 2. The van der Waals surface area contributed by atoms with Gasteiger partial charge in [0, 0.05) is 12.6 Å². The highest BCUT2D eigenvalue weighted by molar-refractivity contribution is 7.89. The van der Waals surface area contributed by atoms with Gasteiger partial charge in [0.25, 0.3) is 0 Å². The molecule has 0 fully saturated rings. The molecular formula is C20H20N4O5S. The van der Waals surface area contributed by atoms with Gasteiger partial charge in [-0.15, -0.1) is 0 Å². The Morgan fingerprint density at radius 1 is 1.00 bits per heavy atom. The maximum atomic E-state index is 11.7. The van der Waals surface area contributed by atoms with E-state index in [1.807, 2.05) is 41.1 Å². The quantitative estimate of drug-likeness (QED) is 0.553. The average Bonchev–Trinajstić information content (AvgIpc) is 3.01. The lowest BCUT2D eigenvalue weighted by atomic mass is 10.00. The number of carboxylic acid groups (broad SMARTS) is 1. The third kappa shape index (κ3) is 5.23. The van der Waals surface area contributed by atoms with Crippen molar-refractivity contribution in [3.05, 3.63) is 60.3 Å². The fourth-order valence-electron chi connectivity index (χ4n) is 2.98. The molecular weight excluding hydrogens is 408 g/mol. The van der Waals surface area contributed by atoms with E-state index in [4.69, 9.17) is 5.11 Å². The molecule has 3 rings (SSSR count). The van der Waals surface area contributed by atoms with E-state index in [1.54, 1.807) is 25.4 Å². The van der Waals surface area contributed by atoms with Crippen molar-refractivity contribution in [3.8, 4) is 22.3 Å². The highest BCUT2D eigenvalue weighted by atomic mass is 32.2. The van der Waals surface area contributed by atoms with Gasteiger partial charge in [0.2, 0.25) is 15.9 Å². The summed E-state index contributed by atoms with van der Waals surface area (Å²) in [4.78, 5) is 22.7. The molecule has 0 radical (unpaired) electrons. The van der Waals surface area contributed by atoms with Gasteiger partial charge >= 0.3 is 6.09 Å². The molecule has 9 nitrogen and oxygen atoms in total. The van der Waals surface area contributed by atoms with E-state index in [2.05, 4.69) is 10.4 Å². The Labute approximate surface area is 173 Å². The second-order valence-corrected chi connectivity index (χ2v) is 8.46. The van der Waals surface area contributed by atoms with Crippen molar-refractivity contribution in [2.45, 2.75) is 6.42 Å². The molecule has 0 spiro atoms. The molecule has 0 aliphatic heterocycles. The monoisotopic (exact) mass is 428 g/mol. The Balaban J connectivity index is 1.76. The fraction of sp³-hybridized carbons (Fsp3) is 0.150. The SMILES string of the molecule is Cn1ncc(-c2ccc(-c3ccc(CC(=O)NS(C)(=O)=O)cc3)cc2)c1NC(=O)O. The van der Waals surface area contributed by atoms with E-state index < -0.39 is 22.0 Å². The molecule has 0 saturated carbocycles. The molecule has 1 heterocycles. The third-order valence-electron chi connectivity index (χ3n) is 4.31. The molecule has 3 aromatic rings. The Bertz CT molecular complexity index is 1180. The van der Waals surface area contributed by atoms with E-state index in [-0.39, 0.29) is 6.42 Å². The Kier molecular flexibility index (Phi) is 5.88. The molecule has 0 unspecified atom stereocenters. The largest absolute Gasteiger partial charge is 0.465 e. The van der Waals surface area contributed by atoms with E-state index in [0.29, 0.717) is 16.9 Å². The molecule has 0 atom stereocenters. The molecule has 2 aromatic carbocycles. The lowest BCUT2D eigenvalue weighted by Crippen LogP contribution is -2.30. The van der Waals surface area contributed by atoms with Crippen molar-refractivity contribution in [1.29, 1.82) is 0 Å². The fourth-order valence-corrected chi connectivity index (χ4v) is 3.47. The first kappa shape index (κ1) is 21.1. The Hall–Kier alpha value is -3.66. The van der Waals surface area contributed by atoms with Crippen LogP contribution in [0.4, 0.5) is 10.6 Å². The first-order valence-electron chi connectivity index (χ1n) is 8.85. The number of carbonyl (C=O) groups is 2. The highest BCUT2D eigenvalue weighted by Crippen LogP contribution is 2.30. The van der Waals surface area contributed by atoms with Gasteiger partial charge in [0.15, 0.2) is 0 Å². The van der Waals surface area contributed by atoms with Crippen LogP contribution >= 0.6 is 0 Å². The van der Waals surface area contributed by atoms with Gasteiger partial charge < -0.3 is 5.11 Å². The zero-order valence-electron chi connectivity index (χ0n) is 16.3. The number of rotatable bonds is 6. The molecule has 3 N–H and O–H groups in total. The summed E-state index contributed by atoms with van der Waals surface area (Å²) in [6.45, 7) is 0. The second-order valence-electron chi connectivity index (χ2n) is 6.71. The van der Waals surface area contributed by atoms with Gasteiger partial charge in [-0.05, 0) is 22.3 Å². The summed E-state index contributed by atoms with van der Waals surface area (Å²) in [5, 5.41) is 15.5. The number of hydrogen-bond acceptors (Lipinski definition) is 5. The number of aryl methyl sites for hydroxylation is 1. The maximum absolute atomic E-state index is 11.7. The summed E-state index contributed by atoms with van der Waals surface area (Å²) in [6.07, 6.45) is 1.33. The second kappa shape index (κ2) is 8.37. The summed E-state index contributed by atoms with van der Waals surface area (Å²) in [5.41, 5.74) is 4.02. The highest BCUT2D eigenvalue weighted by Gasteiger charge is 2.13. The van der Waals surface area contributed by atoms with Crippen LogP contribution in [-0.4, -0.2) is 41.6 Å². The van der Waals surface area contributed by atoms with Crippen LogP contribution in [0.3, 0.4) is 0 Å². The van der Waals surface area contributed by atoms with Crippen LogP contribution in [0.5, 0.6) is 0 Å². The lowest BCUT2D eigenvalue weighted by molar-refractivity contribution is -0.118. The lowest BCUT2D eigenvalue weighted by Gasteiger charge is -2.08. The first-order chi connectivity index (χ1) is 14.1. The minimum atomic E-state index is -3.57. The normalized spacial score (nSPS) is 11.1. The zero-order chi connectivity index (χ0) is 21.9. The first-order valence-corrected chi connectivity index (χ1v) is 10.7. The number of sulfonamides is 1. The van der Waals surface area contributed by atoms with Crippen LogP contribution in [0.1, 0.15) is 5.56 Å². The van der Waals surface area contributed by atoms with E-state index in [9.17, 15) is 18.0 Å². The van der Waals surface area contributed by atoms with Gasteiger partial charge in [0.1, 0.15) is 5.82 Å². The van der Waals surface area contributed by atoms with Crippen LogP contribution in [-0.2, 0) is 28.3 Å². The van der Waals surface area contributed by atoms with Crippen molar-refractivity contribution >= 4 is 27.8 Å². The molecule has 0 saturated heterocycles. The molecule has 1 aromatic heterocycles. The molecule has 0 bridgehead atoms. The third-order valence-corrected chi connectivity index (χ3v) is 4.91. The minimum Gasteiger partial charge on any atom is -0.465 e. The number of aromatic nitrogens is 2. The number of carbonyl (C=O) groups excluding carboxylic acids is 1. The zero-order valence-corrected chi connectivity index (χ0v) is 17.1. The minimum absolute atomic E-state index is 0.0351. The smallest absolute Gasteiger partial charge is 0.410 e. The Morgan fingerprint density at radius 2 is 1.53 bits per heavy atom. The van der Waals surface area contributed by atoms with Gasteiger partial charge in [-0.2, -0.15) is 5.10 Å². The number of benzene rings is 2. The van der Waals surface area contributed by atoms with Crippen molar-refractivity contribution in [3.63, 3.8) is 0 Å². The van der Waals surface area contributed by atoms with E-state index in [0.717, 1.165) is 22.9 Å². The standard InChI is InChI=1S/C20H20N4O5S/c1-24-19(22-20(26)27)17(12-21-24)16-9-7-15(8-10-16)14-5-3-13(4-6-14)11-18(25)23-30(2,28)29/h3-10,12,22H,11H2,1-2H3,(H,23,25)(H,26,27). The maximum Gasteiger partial charge on any atom is 0.410 e. The van der Waals surface area contributed by atoms with Crippen LogP contribution in [0.2, 0.25) is 0 Å². The van der Waals surface area contributed by atoms with Crippen LogP contribution in [0, 0.1) is 0 Å². The summed E-state index contributed by atoms with van der Waals surface area (Å²) in [5.74, 6) is -0.205. The van der Waals surface area contributed by atoms with E-state index >= 15 is 0 Å². The molecule has 0 aliphatic rings. The van der Waals surface area contributed by atoms with Crippen LogP contribution in [0.25, 0.3) is 22.3 Å². The van der Waals surface area contributed by atoms with Crippen LogP contribution < -0.4 is 10.0 Å². The van der Waals surface area contributed by atoms with Gasteiger partial charge in [0.05, 0.1) is 18.9 Å². The van der Waals surface area contributed by atoms with Crippen LogP contribution in [0.15, 0.2) is 54.7 Å². The molecule has 30 heavy (non-hydrogen) atoms. The van der Waals surface area contributed by atoms with Crippen molar-refractivity contribution in [1.82, 2.24) is 14.5 Å². The number of amides is 2. The predicted octanol–water partition coefficient (Wildman–Crippen LogP) is 2.46. The van der Waals surface area contributed by atoms with Crippen molar-refractivity contribution in [2.24, 2.45) is 7.05 Å². The average molecular weight is 428 g/mol. The molecule has 0 aliphatic carbocycles. The topological polar surface area (TPSA) is 130 Å². The predicted molar refractivity (Wildman–Crippen MR) is 112 cm³/mol. The number of hydrogen-bond donors (Lipinski definition) is 3. The summed E-state index contributed by atoms with van der Waals surface area (Å²) in [7, 11) is -1.92. The summed E-state index contributed by atoms with van der Waals surface area (Å²) >= 11 is 0. The number of anilines is 1. The molecule has 10 heteroatoms. The Morgan fingerprint density at radius 3 is 2.07 bits per heavy atom. The van der Waals surface area contributed by atoms with Gasteiger partial charge in [-0.25, -0.2) is 13.2 Å². The van der Waals surface area contributed by atoms with Gasteiger partial charge in [-0.1, -0.05) is 48.5 Å².